The van der Waals surface area contributed by atoms with Gasteiger partial charge in [0.2, 0.25) is 0 Å². The van der Waals surface area contributed by atoms with Crippen LogP contribution in [0.1, 0.15) is 46.0 Å². The Kier molecular flexibility index (Phi) is 3.93. The van der Waals surface area contributed by atoms with E-state index in [9.17, 15) is 9.59 Å². The molecule has 1 aromatic carbocycles. The van der Waals surface area contributed by atoms with Crippen LogP contribution in [0, 0.1) is 5.41 Å². The normalized spacial score (nSPS) is 15.9. The highest BCUT2D eigenvalue weighted by atomic mass is 32.1. The molecular weight excluding hydrogens is 312 g/mol. The zero-order valence-corrected chi connectivity index (χ0v) is 14.1. The van der Waals surface area contributed by atoms with Crippen molar-refractivity contribution in [1.82, 2.24) is 4.98 Å². The number of benzene rings is 1. The van der Waals surface area contributed by atoms with Crippen molar-refractivity contribution >= 4 is 28.2 Å². The van der Waals surface area contributed by atoms with Crippen LogP contribution in [0.25, 0.3) is 0 Å². The van der Waals surface area contributed by atoms with Crippen LogP contribution in [-0.4, -0.2) is 23.8 Å². The van der Waals surface area contributed by atoms with Crippen LogP contribution in [0.3, 0.4) is 0 Å². The van der Waals surface area contributed by atoms with E-state index in [1.54, 1.807) is 31.4 Å². The number of anilines is 1. The Morgan fingerprint density at radius 1 is 1.26 bits per heavy atom. The Morgan fingerprint density at radius 2 is 1.96 bits per heavy atom. The SMILES string of the molecule is COc1ccc(C(=O)Nc2nc3c(s2)C(=O)CC(C)(C)C3)cc1. The van der Waals surface area contributed by atoms with Gasteiger partial charge < -0.3 is 4.74 Å². The number of thiazole rings is 1. The second-order valence-corrected chi connectivity index (χ2v) is 7.42. The van der Waals surface area contributed by atoms with Crippen LogP contribution in [0.15, 0.2) is 24.3 Å². The molecule has 120 valence electrons. The summed E-state index contributed by atoms with van der Waals surface area (Å²) in [7, 11) is 1.58. The maximum atomic E-state index is 12.3. The molecule has 3 rings (SSSR count). The molecule has 0 unspecified atom stereocenters. The molecule has 23 heavy (non-hydrogen) atoms. The number of hydrogen-bond acceptors (Lipinski definition) is 5. The highest BCUT2D eigenvalue weighted by Gasteiger charge is 2.34. The number of rotatable bonds is 3. The third-order valence-corrected chi connectivity index (χ3v) is 4.86. The Hall–Kier alpha value is -2.21. The Labute approximate surface area is 138 Å². The minimum Gasteiger partial charge on any atom is -0.497 e. The smallest absolute Gasteiger partial charge is 0.257 e. The van der Waals surface area contributed by atoms with Gasteiger partial charge in [-0.3, -0.25) is 14.9 Å². The third kappa shape index (κ3) is 3.27. The van der Waals surface area contributed by atoms with Crippen molar-refractivity contribution < 1.29 is 14.3 Å². The van der Waals surface area contributed by atoms with Crippen LogP contribution in [-0.2, 0) is 6.42 Å². The van der Waals surface area contributed by atoms with E-state index in [4.69, 9.17) is 4.74 Å². The highest BCUT2D eigenvalue weighted by Crippen LogP contribution is 2.38. The van der Waals surface area contributed by atoms with Crippen LogP contribution >= 0.6 is 11.3 Å². The fourth-order valence-corrected chi connectivity index (χ4v) is 3.60. The molecule has 0 fully saturated rings. The summed E-state index contributed by atoms with van der Waals surface area (Å²) >= 11 is 1.26. The lowest BCUT2D eigenvalue weighted by Crippen LogP contribution is -2.26. The van der Waals surface area contributed by atoms with E-state index in [2.05, 4.69) is 24.1 Å². The summed E-state index contributed by atoms with van der Waals surface area (Å²) in [6.07, 6.45) is 1.27. The van der Waals surface area contributed by atoms with Crippen molar-refractivity contribution in [3.63, 3.8) is 0 Å². The van der Waals surface area contributed by atoms with Gasteiger partial charge in [0.25, 0.3) is 5.91 Å². The first-order valence-electron chi connectivity index (χ1n) is 7.36. The van der Waals surface area contributed by atoms with E-state index in [-0.39, 0.29) is 17.1 Å². The summed E-state index contributed by atoms with van der Waals surface area (Å²) in [4.78, 5) is 29.6. The monoisotopic (exact) mass is 330 g/mol. The van der Waals surface area contributed by atoms with Crippen molar-refractivity contribution in [2.24, 2.45) is 5.41 Å². The van der Waals surface area contributed by atoms with Gasteiger partial charge in [-0.05, 0) is 36.1 Å². The molecule has 6 heteroatoms. The van der Waals surface area contributed by atoms with E-state index in [0.717, 1.165) is 12.1 Å². The van der Waals surface area contributed by atoms with Gasteiger partial charge in [0, 0.05) is 12.0 Å². The summed E-state index contributed by atoms with van der Waals surface area (Å²) in [5.74, 6) is 0.559. The second kappa shape index (κ2) is 5.77. The first-order chi connectivity index (χ1) is 10.9. The molecule has 0 atom stereocenters. The molecule has 1 amide bonds. The number of carbonyl (C=O) groups is 2. The summed E-state index contributed by atoms with van der Waals surface area (Å²) in [6, 6.07) is 6.84. The van der Waals surface area contributed by atoms with Crippen LogP contribution in [0.2, 0.25) is 0 Å². The lowest BCUT2D eigenvalue weighted by atomic mass is 9.78. The maximum Gasteiger partial charge on any atom is 0.257 e. The molecule has 2 aromatic rings. The second-order valence-electron chi connectivity index (χ2n) is 6.42. The lowest BCUT2D eigenvalue weighted by molar-refractivity contribution is 0.0915. The summed E-state index contributed by atoms with van der Waals surface area (Å²) in [5.41, 5.74) is 1.24. The number of nitrogens with one attached hydrogen (secondary N) is 1. The molecule has 0 radical (unpaired) electrons. The van der Waals surface area contributed by atoms with E-state index in [1.807, 2.05) is 0 Å². The molecule has 5 nitrogen and oxygen atoms in total. The quantitative estimate of drug-likeness (QED) is 0.934. The van der Waals surface area contributed by atoms with E-state index >= 15 is 0 Å². The summed E-state index contributed by atoms with van der Waals surface area (Å²) < 4.78 is 5.07. The van der Waals surface area contributed by atoms with Gasteiger partial charge in [-0.25, -0.2) is 4.98 Å². The van der Waals surface area contributed by atoms with E-state index in [0.29, 0.717) is 27.7 Å². The van der Waals surface area contributed by atoms with Gasteiger partial charge in [-0.2, -0.15) is 0 Å². The molecule has 0 bridgehead atoms. The zero-order chi connectivity index (χ0) is 16.6. The largest absolute Gasteiger partial charge is 0.497 e. The van der Waals surface area contributed by atoms with Crippen LogP contribution in [0.5, 0.6) is 5.75 Å². The van der Waals surface area contributed by atoms with Gasteiger partial charge in [0.1, 0.15) is 5.75 Å². The van der Waals surface area contributed by atoms with Crippen molar-refractivity contribution in [1.29, 1.82) is 0 Å². The van der Waals surface area contributed by atoms with Crippen LogP contribution < -0.4 is 10.1 Å². The van der Waals surface area contributed by atoms with Gasteiger partial charge in [0.05, 0.1) is 17.7 Å². The molecule has 0 spiro atoms. The number of amides is 1. The molecule has 0 aliphatic heterocycles. The number of Topliss-reactive ketones (excluding diaryl/α,β-unsaturated/α-hetero) is 1. The number of methoxy groups -OCH3 is 1. The van der Waals surface area contributed by atoms with Crippen LogP contribution in [0.4, 0.5) is 5.13 Å². The average molecular weight is 330 g/mol. The molecule has 0 saturated heterocycles. The standard InChI is InChI=1S/C17H18N2O3S/c1-17(2)8-12-14(13(20)9-17)23-16(18-12)19-15(21)10-4-6-11(22-3)7-5-10/h4-7H,8-9H2,1-3H3,(H,18,19,21). The van der Waals surface area contributed by atoms with Gasteiger partial charge in [0.15, 0.2) is 10.9 Å². The molecule has 0 saturated carbocycles. The first kappa shape index (κ1) is 15.7. The Balaban J connectivity index is 1.78. The molecule has 1 aromatic heterocycles. The maximum absolute atomic E-state index is 12.3. The number of carbonyl (C=O) groups excluding carboxylic acids is 2. The van der Waals surface area contributed by atoms with Gasteiger partial charge in [-0.1, -0.05) is 25.2 Å². The van der Waals surface area contributed by atoms with E-state index in [1.165, 1.54) is 11.3 Å². The topological polar surface area (TPSA) is 68.3 Å². The van der Waals surface area contributed by atoms with Gasteiger partial charge >= 0.3 is 0 Å². The first-order valence-corrected chi connectivity index (χ1v) is 8.18. The number of ketones is 1. The molecule has 1 heterocycles. The molecular formula is C17H18N2O3S. The lowest BCUT2D eigenvalue weighted by Gasteiger charge is -2.26. The van der Waals surface area contributed by atoms with E-state index < -0.39 is 0 Å². The number of nitrogens with zero attached hydrogens (tertiary/aromatic N) is 1. The molecule has 1 N–H and O–H groups in total. The highest BCUT2D eigenvalue weighted by molar-refractivity contribution is 7.17. The fraction of sp³-hybridized carbons (Fsp3) is 0.353. The summed E-state index contributed by atoms with van der Waals surface area (Å²) in [5, 5.41) is 3.25. The predicted octanol–water partition coefficient (Wildman–Crippen LogP) is 3.56. The number of hydrogen-bond donors (Lipinski definition) is 1. The number of aromatic nitrogens is 1. The van der Waals surface area contributed by atoms with Gasteiger partial charge in [-0.15, -0.1) is 0 Å². The molecule has 1 aliphatic carbocycles. The van der Waals surface area contributed by atoms with Crippen molar-refractivity contribution in [2.45, 2.75) is 26.7 Å². The predicted molar refractivity (Wildman–Crippen MR) is 89.5 cm³/mol. The number of ether oxygens (including phenoxy) is 1. The van der Waals surface area contributed by atoms with Crippen molar-refractivity contribution in [3.8, 4) is 5.75 Å². The molecule has 1 aliphatic rings. The zero-order valence-electron chi connectivity index (χ0n) is 13.3. The average Bonchev–Trinajstić information content (AvgIpc) is 2.88. The number of fused-ring (bicyclic) bond motifs is 1. The Morgan fingerprint density at radius 3 is 2.61 bits per heavy atom. The third-order valence-electron chi connectivity index (χ3n) is 3.81. The Bertz CT molecular complexity index is 763. The fourth-order valence-electron chi connectivity index (χ4n) is 2.69. The summed E-state index contributed by atoms with van der Waals surface area (Å²) in [6.45, 7) is 4.12. The van der Waals surface area contributed by atoms with Crippen molar-refractivity contribution in [3.05, 3.63) is 40.4 Å². The van der Waals surface area contributed by atoms with Crippen molar-refractivity contribution in [2.75, 3.05) is 12.4 Å². The minimum atomic E-state index is -0.245. The minimum absolute atomic E-state index is 0.0740.